The van der Waals surface area contributed by atoms with E-state index in [1.165, 1.54) is 12.3 Å². The van der Waals surface area contributed by atoms with Gasteiger partial charge in [-0.3, -0.25) is 4.79 Å². The van der Waals surface area contributed by atoms with E-state index in [0.717, 1.165) is 0 Å². The van der Waals surface area contributed by atoms with Crippen molar-refractivity contribution in [3.63, 3.8) is 0 Å². The second-order valence-corrected chi connectivity index (χ2v) is 4.19. The highest BCUT2D eigenvalue weighted by Crippen LogP contribution is 2.11. The number of aromatic nitrogens is 1. The first-order valence-electron chi connectivity index (χ1n) is 5.27. The summed E-state index contributed by atoms with van der Waals surface area (Å²) in [4.78, 5) is 17.3. The number of nitrogens with one attached hydrogen (secondary N) is 1. The molecule has 0 saturated heterocycles. The van der Waals surface area contributed by atoms with Crippen molar-refractivity contribution in [2.75, 3.05) is 26.4 Å². The summed E-state index contributed by atoms with van der Waals surface area (Å²) in [5.74, 6) is -1.52. The number of nitrogen functional groups attached to an aromatic ring is 1. The van der Waals surface area contributed by atoms with Crippen molar-refractivity contribution in [1.29, 1.82) is 0 Å². The SMILES string of the molecule is CC(CN(C)C)NC(=O)c1ccnc(N)c1F. The van der Waals surface area contributed by atoms with Crippen LogP contribution in [-0.4, -0.2) is 42.5 Å². The topological polar surface area (TPSA) is 71.2 Å². The van der Waals surface area contributed by atoms with Crippen LogP contribution in [0.5, 0.6) is 0 Å². The minimum Gasteiger partial charge on any atom is -0.381 e. The molecule has 3 N–H and O–H groups in total. The largest absolute Gasteiger partial charge is 0.381 e. The van der Waals surface area contributed by atoms with Gasteiger partial charge in [0.15, 0.2) is 11.6 Å². The minimum absolute atomic E-state index is 0.0775. The molecule has 1 unspecified atom stereocenters. The zero-order valence-electron chi connectivity index (χ0n) is 10.2. The van der Waals surface area contributed by atoms with Crippen LogP contribution in [0.2, 0.25) is 0 Å². The molecule has 0 spiro atoms. The van der Waals surface area contributed by atoms with Gasteiger partial charge in [0.25, 0.3) is 5.91 Å². The molecule has 1 atom stereocenters. The van der Waals surface area contributed by atoms with Crippen LogP contribution in [0.3, 0.4) is 0 Å². The van der Waals surface area contributed by atoms with Crippen LogP contribution < -0.4 is 11.1 Å². The Morgan fingerprint density at radius 3 is 2.88 bits per heavy atom. The van der Waals surface area contributed by atoms with Gasteiger partial charge < -0.3 is 16.0 Å². The number of likely N-dealkylation sites (N-methyl/N-ethyl adjacent to an activating group) is 1. The van der Waals surface area contributed by atoms with Gasteiger partial charge in [-0.15, -0.1) is 0 Å². The lowest BCUT2D eigenvalue weighted by molar-refractivity contribution is 0.0930. The lowest BCUT2D eigenvalue weighted by Crippen LogP contribution is -2.39. The van der Waals surface area contributed by atoms with Gasteiger partial charge in [-0.2, -0.15) is 0 Å². The number of carbonyl (C=O) groups excluding carboxylic acids is 1. The van der Waals surface area contributed by atoms with Crippen molar-refractivity contribution in [2.45, 2.75) is 13.0 Å². The molecule has 0 bridgehead atoms. The smallest absolute Gasteiger partial charge is 0.254 e. The first kappa shape index (κ1) is 13.4. The number of rotatable bonds is 4. The summed E-state index contributed by atoms with van der Waals surface area (Å²) < 4.78 is 13.5. The Morgan fingerprint density at radius 1 is 1.65 bits per heavy atom. The van der Waals surface area contributed by atoms with Gasteiger partial charge in [-0.25, -0.2) is 9.37 Å². The molecule has 0 aromatic carbocycles. The molecule has 1 aromatic rings. The molecule has 17 heavy (non-hydrogen) atoms. The Labute approximate surface area is 99.8 Å². The van der Waals surface area contributed by atoms with Gasteiger partial charge >= 0.3 is 0 Å². The van der Waals surface area contributed by atoms with E-state index < -0.39 is 11.7 Å². The van der Waals surface area contributed by atoms with Crippen LogP contribution in [0.4, 0.5) is 10.2 Å². The molecule has 1 amide bonds. The fourth-order valence-corrected chi connectivity index (χ4v) is 1.53. The molecule has 0 saturated carbocycles. The van der Waals surface area contributed by atoms with Crippen LogP contribution in [0, 0.1) is 5.82 Å². The number of halogens is 1. The molecule has 0 aliphatic carbocycles. The zero-order valence-corrected chi connectivity index (χ0v) is 10.2. The minimum atomic E-state index is -0.776. The molecular weight excluding hydrogens is 223 g/mol. The molecule has 94 valence electrons. The molecule has 6 heteroatoms. The van der Waals surface area contributed by atoms with Gasteiger partial charge in [-0.05, 0) is 27.1 Å². The van der Waals surface area contributed by atoms with Gasteiger partial charge in [-0.1, -0.05) is 0 Å². The molecule has 1 aromatic heterocycles. The fraction of sp³-hybridized carbons (Fsp3) is 0.455. The standard InChI is InChI=1S/C11H17FN4O/c1-7(6-16(2)3)15-11(17)8-4-5-14-10(13)9(8)12/h4-5,7H,6H2,1-3H3,(H2,13,14)(H,15,17). The highest BCUT2D eigenvalue weighted by atomic mass is 19.1. The van der Waals surface area contributed by atoms with Crippen molar-refractivity contribution >= 4 is 11.7 Å². The van der Waals surface area contributed by atoms with E-state index in [2.05, 4.69) is 10.3 Å². The van der Waals surface area contributed by atoms with E-state index >= 15 is 0 Å². The number of amides is 1. The third-order valence-electron chi connectivity index (χ3n) is 2.18. The second kappa shape index (κ2) is 5.58. The average molecular weight is 240 g/mol. The number of anilines is 1. The van der Waals surface area contributed by atoms with E-state index in [1.54, 1.807) is 0 Å². The summed E-state index contributed by atoms with van der Waals surface area (Å²) in [6.07, 6.45) is 1.31. The normalized spacial score (nSPS) is 12.5. The molecule has 0 fully saturated rings. The van der Waals surface area contributed by atoms with Crippen molar-refractivity contribution in [2.24, 2.45) is 0 Å². The summed E-state index contributed by atoms with van der Waals surface area (Å²) in [5, 5.41) is 2.69. The number of hydrogen-bond donors (Lipinski definition) is 2. The molecule has 1 rings (SSSR count). The first-order chi connectivity index (χ1) is 7.91. The van der Waals surface area contributed by atoms with Crippen molar-refractivity contribution < 1.29 is 9.18 Å². The monoisotopic (exact) mass is 240 g/mol. The highest BCUT2D eigenvalue weighted by molar-refractivity contribution is 5.95. The Morgan fingerprint density at radius 2 is 2.29 bits per heavy atom. The number of carbonyl (C=O) groups is 1. The van der Waals surface area contributed by atoms with E-state index in [1.807, 2.05) is 25.9 Å². The predicted octanol–water partition coefficient (Wildman–Crippen LogP) is 0.483. The molecule has 0 aliphatic heterocycles. The molecular formula is C11H17FN4O. The van der Waals surface area contributed by atoms with Crippen LogP contribution in [-0.2, 0) is 0 Å². The Hall–Kier alpha value is -1.69. The number of nitrogens with zero attached hydrogens (tertiary/aromatic N) is 2. The van der Waals surface area contributed by atoms with Gasteiger partial charge in [0.05, 0.1) is 5.56 Å². The van der Waals surface area contributed by atoms with Crippen LogP contribution in [0.25, 0.3) is 0 Å². The average Bonchev–Trinajstić information content (AvgIpc) is 2.20. The lowest BCUT2D eigenvalue weighted by atomic mass is 10.2. The highest BCUT2D eigenvalue weighted by Gasteiger charge is 2.16. The quantitative estimate of drug-likeness (QED) is 0.803. The van der Waals surface area contributed by atoms with Crippen molar-refractivity contribution in [1.82, 2.24) is 15.2 Å². The van der Waals surface area contributed by atoms with Crippen molar-refractivity contribution in [3.05, 3.63) is 23.6 Å². The number of hydrogen-bond acceptors (Lipinski definition) is 4. The summed E-state index contributed by atoms with van der Waals surface area (Å²) in [6, 6.07) is 1.23. The molecule has 1 heterocycles. The first-order valence-corrected chi connectivity index (χ1v) is 5.27. The number of nitrogens with two attached hydrogens (primary N) is 1. The summed E-state index contributed by atoms with van der Waals surface area (Å²) in [5.41, 5.74) is 5.22. The number of pyridine rings is 1. The Balaban J connectivity index is 2.73. The lowest BCUT2D eigenvalue weighted by Gasteiger charge is -2.18. The van der Waals surface area contributed by atoms with Gasteiger partial charge in [0.2, 0.25) is 0 Å². The maximum Gasteiger partial charge on any atom is 0.254 e. The zero-order chi connectivity index (χ0) is 13.0. The predicted molar refractivity (Wildman–Crippen MR) is 64.1 cm³/mol. The molecule has 0 radical (unpaired) electrons. The summed E-state index contributed by atoms with van der Waals surface area (Å²) in [7, 11) is 3.79. The van der Waals surface area contributed by atoms with Crippen LogP contribution in [0.1, 0.15) is 17.3 Å². The molecule has 5 nitrogen and oxygen atoms in total. The Kier molecular flexibility index (Phi) is 4.39. The third kappa shape index (κ3) is 3.67. The van der Waals surface area contributed by atoms with Gasteiger partial charge in [0, 0.05) is 18.8 Å². The van der Waals surface area contributed by atoms with Gasteiger partial charge in [0.1, 0.15) is 0 Å². The van der Waals surface area contributed by atoms with E-state index in [9.17, 15) is 9.18 Å². The van der Waals surface area contributed by atoms with Crippen LogP contribution in [0.15, 0.2) is 12.3 Å². The Bertz CT molecular complexity index is 408. The fourth-order valence-electron chi connectivity index (χ4n) is 1.53. The summed E-state index contributed by atoms with van der Waals surface area (Å²) in [6.45, 7) is 2.52. The van der Waals surface area contributed by atoms with Crippen LogP contribution >= 0.6 is 0 Å². The van der Waals surface area contributed by atoms with E-state index in [-0.39, 0.29) is 17.4 Å². The van der Waals surface area contributed by atoms with Crippen molar-refractivity contribution in [3.8, 4) is 0 Å². The third-order valence-corrected chi connectivity index (χ3v) is 2.18. The van der Waals surface area contributed by atoms with E-state index in [0.29, 0.717) is 6.54 Å². The summed E-state index contributed by atoms with van der Waals surface area (Å²) >= 11 is 0. The maximum absolute atomic E-state index is 13.5. The molecule has 0 aliphatic rings. The maximum atomic E-state index is 13.5. The van der Waals surface area contributed by atoms with E-state index in [4.69, 9.17) is 5.73 Å². The second-order valence-electron chi connectivity index (χ2n) is 4.19.